The summed E-state index contributed by atoms with van der Waals surface area (Å²) in [5.41, 5.74) is 8.05. The Labute approximate surface area is 93.1 Å². The van der Waals surface area contributed by atoms with Crippen molar-refractivity contribution in [2.75, 3.05) is 12.3 Å². The number of nitrogens with two attached hydrogens (primary N) is 1. The van der Waals surface area contributed by atoms with Gasteiger partial charge in [-0.3, -0.25) is 0 Å². The molecule has 0 saturated heterocycles. The molecule has 0 saturated carbocycles. The van der Waals surface area contributed by atoms with E-state index in [2.05, 4.69) is 4.98 Å². The van der Waals surface area contributed by atoms with Gasteiger partial charge in [-0.05, 0) is 24.6 Å². The van der Waals surface area contributed by atoms with Crippen LogP contribution in [0.3, 0.4) is 0 Å². The molecule has 0 unspecified atom stereocenters. The zero-order valence-corrected chi connectivity index (χ0v) is 8.93. The van der Waals surface area contributed by atoms with Gasteiger partial charge in [-0.2, -0.15) is 0 Å². The summed E-state index contributed by atoms with van der Waals surface area (Å²) in [6.45, 7) is 0.659. The van der Waals surface area contributed by atoms with Crippen molar-refractivity contribution in [1.82, 2.24) is 9.55 Å². The van der Waals surface area contributed by atoms with E-state index in [9.17, 15) is 5.11 Å². The lowest BCUT2D eigenvalue weighted by molar-refractivity contribution is 0.257. The second kappa shape index (κ2) is 4.51. The molecule has 16 heavy (non-hydrogen) atoms. The first-order chi connectivity index (χ1) is 7.76. The topological polar surface area (TPSA) is 84.3 Å². The summed E-state index contributed by atoms with van der Waals surface area (Å²) in [6, 6.07) is 5.47. The normalized spacial score (nSPS) is 11.1. The quantitative estimate of drug-likeness (QED) is 0.656. The van der Waals surface area contributed by atoms with Crippen molar-refractivity contribution in [2.24, 2.45) is 0 Å². The summed E-state index contributed by atoms with van der Waals surface area (Å²) in [4.78, 5) is 4.30. The standard InChI is InChI=1S/C11H15N3O2/c12-8-2-3-10-9(6-8)13-11(7-16)14(10)4-1-5-15/h2-3,6,15-16H,1,4-5,7,12H2. The highest BCUT2D eigenvalue weighted by molar-refractivity contribution is 5.79. The molecule has 4 N–H and O–H groups in total. The number of aryl methyl sites for hydroxylation is 1. The molecule has 86 valence electrons. The summed E-state index contributed by atoms with van der Waals surface area (Å²) < 4.78 is 1.91. The highest BCUT2D eigenvalue weighted by Gasteiger charge is 2.09. The molecule has 0 amide bonds. The van der Waals surface area contributed by atoms with Crippen molar-refractivity contribution in [3.8, 4) is 0 Å². The summed E-state index contributed by atoms with van der Waals surface area (Å²) in [5, 5.41) is 18.0. The lowest BCUT2D eigenvalue weighted by Crippen LogP contribution is -2.05. The predicted molar refractivity (Wildman–Crippen MR) is 61.8 cm³/mol. The molecule has 0 radical (unpaired) electrons. The first kappa shape index (κ1) is 10.9. The smallest absolute Gasteiger partial charge is 0.135 e. The minimum atomic E-state index is -0.111. The summed E-state index contributed by atoms with van der Waals surface area (Å²) in [6.07, 6.45) is 0.642. The van der Waals surface area contributed by atoms with Crippen LogP contribution in [0.25, 0.3) is 11.0 Å². The molecule has 0 aliphatic carbocycles. The van der Waals surface area contributed by atoms with Crippen molar-refractivity contribution < 1.29 is 10.2 Å². The van der Waals surface area contributed by atoms with E-state index in [0.29, 0.717) is 24.5 Å². The van der Waals surface area contributed by atoms with Crippen LogP contribution in [-0.4, -0.2) is 26.4 Å². The Balaban J connectivity index is 2.50. The van der Waals surface area contributed by atoms with Crippen molar-refractivity contribution in [3.63, 3.8) is 0 Å². The fourth-order valence-corrected chi connectivity index (χ4v) is 1.80. The Morgan fingerprint density at radius 2 is 2.12 bits per heavy atom. The van der Waals surface area contributed by atoms with Crippen LogP contribution in [0.2, 0.25) is 0 Å². The van der Waals surface area contributed by atoms with Gasteiger partial charge in [0.1, 0.15) is 12.4 Å². The zero-order valence-electron chi connectivity index (χ0n) is 8.93. The van der Waals surface area contributed by atoms with Crippen molar-refractivity contribution in [1.29, 1.82) is 0 Å². The van der Waals surface area contributed by atoms with E-state index in [1.807, 2.05) is 10.6 Å². The van der Waals surface area contributed by atoms with Gasteiger partial charge in [0.25, 0.3) is 0 Å². The van der Waals surface area contributed by atoms with E-state index in [1.54, 1.807) is 12.1 Å². The number of aliphatic hydroxyl groups excluding tert-OH is 2. The van der Waals surface area contributed by atoms with Crippen LogP contribution < -0.4 is 5.73 Å². The molecule has 5 nitrogen and oxygen atoms in total. The molecule has 1 aromatic carbocycles. The number of hydrogen-bond donors (Lipinski definition) is 3. The first-order valence-corrected chi connectivity index (χ1v) is 5.22. The zero-order chi connectivity index (χ0) is 11.5. The second-order valence-electron chi connectivity index (χ2n) is 3.66. The number of rotatable bonds is 4. The fraction of sp³-hybridized carbons (Fsp3) is 0.364. The van der Waals surface area contributed by atoms with Gasteiger partial charge in [0.2, 0.25) is 0 Å². The molecule has 0 atom stereocenters. The minimum Gasteiger partial charge on any atom is -0.399 e. The van der Waals surface area contributed by atoms with E-state index in [-0.39, 0.29) is 13.2 Å². The third-order valence-corrected chi connectivity index (χ3v) is 2.53. The maximum Gasteiger partial charge on any atom is 0.135 e. The number of hydrogen-bond acceptors (Lipinski definition) is 4. The highest BCUT2D eigenvalue weighted by atomic mass is 16.3. The average Bonchev–Trinajstić information content (AvgIpc) is 2.63. The van der Waals surface area contributed by atoms with Crippen molar-refractivity contribution in [2.45, 2.75) is 19.6 Å². The SMILES string of the molecule is Nc1ccc2c(c1)nc(CO)n2CCCO. The fourth-order valence-electron chi connectivity index (χ4n) is 1.80. The molecular weight excluding hydrogens is 206 g/mol. The Hall–Kier alpha value is -1.59. The Kier molecular flexibility index (Phi) is 3.07. The van der Waals surface area contributed by atoms with Crippen LogP contribution in [-0.2, 0) is 13.2 Å². The Morgan fingerprint density at radius 1 is 1.31 bits per heavy atom. The van der Waals surface area contributed by atoms with Gasteiger partial charge < -0.3 is 20.5 Å². The van der Waals surface area contributed by atoms with Crippen LogP contribution in [0.5, 0.6) is 0 Å². The van der Waals surface area contributed by atoms with E-state index in [0.717, 1.165) is 11.0 Å². The number of aromatic nitrogens is 2. The third-order valence-electron chi connectivity index (χ3n) is 2.53. The largest absolute Gasteiger partial charge is 0.399 e. The number of fused-ring (bicyclic) bond motifs is 1. The molecule has 0 bridgehead atoms. The Bertz CT molecular complexity index is 493. The van der Waals surface area contributed by atoms with Gasteiger partial charge >= 0.3 is 0 Å². The summed E-state index contributed by atoms with van der Waals surface area (Å²) in [5.74, 6) is 0.606. The van der Waals surface area contributed by atoms with Gasteiger partial charge in [-0.1, -0.05) is 0 Å². The minimum absolute atomic E-state index is 0.111. The van der Waals surface area contributed by atoms with Crippen LogP contribution >= 0.6 is 0 Å². The number of anilines is 1. The molecule has 2 rings (SSSR count). The van der Waals surface area contributed by atoms with Crippen molar-refractivity contribution >= 4 is 16.7 Å². The van der Waals surface area contributed by atoms with Crippen LogP contribution in [0.15, 0.2) is 18.2 Å². The lowest BCUT2D eigenvalue weighted by atomic mass is 10.3. The average molecular weight is 221 g/mol. The number of aliphatic hydroxyl groups is 2. The molecule has 1 heterocycles. The molecule has 0 aliphatic heterocycles. The number of nitrogens with zero attached hydrogens (tertiary/aromatic N) is 2. The molecule has 5 heteroatoms. The first-order valence-electron chi connectivity index (χ1n) is 5.22. The van der Waals surface area contributed by atoms with Crippen molar-refractivity contribution in [3.05, 3.63) is 24.0 Å². The molecular formula is C11H15N3O2. The molecule has 0 aliphatic rings. The molecule has 0 spiro atoms. The predicted octanol–water partition coefficient (Wildman–Crippen LogP) is 0.493. The maximum absolute atomic E-state index is 9.21. The van der Waals surface area contributed by atoms with E-state index >= 15 is 0 Å². The number of imidazole rings is 1. The van der Waals surface area contributed by atoms with Gasteiger partial charge in [0, 0.05) is 18.8 Å². The number of nitrogen functional groups attached to an aromatic ring is 1. The van der Waals surface area contributed by atoms with E-state index < -0.39 is 0 Å². The van der Waals surface area contributed by atoms with Crippen LogP contribution in [0, 0.1) is 0 Å². The monoisotopic (exact) mass is 221 g/mol. The number of benzene rings is 1. The molecule has 0 fully saturated rings. The van der Waals surface area contributed by atoms with Gasteiger partial charge in [0.15, 0.2) is 0 Å². The third kappa shape index (κ3) is 1.87. The summed E-state index contributed by atoms with van der Waals surface area (Å²) in [7, 11) is 0. The lowest BCUT2D eigenvalue weighted by Gasteiger charge is -2.06. The highest BCUT2D eigenvalue weighted by Crippen LogP contribution is 2.19. The van der Waals surface area contributed by atoms with Crippen LogP contribution in [0.1, 0.15) is 12.2 Å². The Morgan fingerprint density at radius 3 is 2.81 bits per heavy atom. The maximum atomic E-state index is 9.21. The van der Waals surface area contributed by atoms with E-state index in [1.165, 1.54) is 0 Å². The molecule has 2 aromatic rings. The van der Waals surface area contributed by atoms with Crippen LogP contribution in [0.4, 0.5) is 5.69 Å². The van der Waals surface area contributed by atoms with Gasteiger partial charge in [0.05, 0.1) is 11.0 Å². The van der Waals surface area contributed by atoms with Gasteiger partial charge in [-0.15, -0.1) is 0 Å². The summed E-state index contributed by atoms with van der Waals surface area (Å²) >= 11 is 0. The van der Waals surface area contributed by atoms with E-state index in [4.69, 9.17) is 10.8 Å². The second-order valence-corrected chi connectivity index (χ2v) is 3.66. The molecule has 1 aromatic heterocycles. The van der Waals surface area contributed by atoms with Gasteiger partial charge in [-0.25, -0.2) is 4.98 Å².